The van der Waals surface area contributed by atoms with Crippen LogP contribution >= 0.6 is 11.3 Å². The van der Waals surface area contributed by atoms with Gasteiger partial charge in [0.1, 0.15) is 18.5 Å². The molecule has 0 aliphatic carbocycles. The molecule has 2 unspecified atom stereocenters. The molecular formula is C18H26N2O2S. The number of hydrogen-bond acceptors (Lipinski definition) is 5. The predicted octanol–water partition coefficient (Wildman–Crippen LogP) is 3.50. The van der Waals surface area contributed by atoms with Crippen LogP contribution in [0.15, 0.2) is 24.3 Å². The van der Waals surface area contributed by atoms with Crippen molar-refractivity contribution >= 4 is 11.3 Å². The molecule has 23 heavy (non-hydrogen) atoms. The number of benzene rings is 1. The molecule has 1 aromatic carbocycles. The van der Waals surface area contributed by atoms with Crippen molar-refractivity contribution in [3.05, 3.63) is 45.4 Å². The highest BCUT2D eigenvalue weighted by molar-refractivity contribution is 7.11. The SMILES string of the molecule is Cc1ccc(OCC(O)CN(C)C(C)c2sc(C)nc2C)cc1. The zero-order valence-corrected chi connectivity index (χ0v) is 15.4. The third-order valence-corrected chi connectivity index (χ3v) is 5.19. The van der Waals surface area contributed by atoms with Crippen LogP contribution in [0, 0.1) is 20.8 Å². The van der Waals surface area contributed by atoms with Gasteiger partial charge in [-0.15, -0.1) is 11.3 Å². The van der Waals surface area contributed by atoms with Crippen molar-refractivity contribution < 1.29 is 9.84 Å². The Morgan fingerprint density at radius 2 is 1.87 bits per heavy atom. The van der Waals surface area contributed by atoms with Gasteiger partial charge in [0.25, 0.3) is 0 Å². The second-order valence-corrected chi connectivity index (χ2v) is 7.31. The normalized spacial score (nSPS) is 14.0. The summed E-state index contributed by atoms with van der Waals surface area (Å²) in [6.45, 7) is 9.11. The summed E-state index contributed by atoms with van der Waals surface area (Å²) in [6.07, 6.45) is -0.530. The van der Waals surface area contributed by atoms with Gasteiger partial charge in [0, 0.05) is 17.5 Å². The lowest BCUT2D eigenvalue weighted by atomic mass is 10.2. The highest BCUT2D eigenvalue weighted by Gasteiger charge is 2.19. The maximum Gasteiger partial charge on any atom is 0.119 e. The fraction of sp³-hybridized carbons (Fsp3) is 0.500. The molecule has 1 aromatic heterocycles. The Balaban J connectivity index is 1.85. The van der Waals surface area contributed by atoms with Crippen LogP contribution in [-0.2, 0) is 0 Å². The fourth-order valence-corrected chi connectivity index (χ4v) is 3.55. The van der Waals surface area contributed by atoms with E-state index in [1.165, 1.54) is 10.4 Å². The predicted molar refractivity (Wildman–Crippen MR) is 95.3 cm³/mol. The maximum absolute atomic E-state index is 10.2. The van der Waals surface area contributed by atoms with Gasteiger partial charge < -0.3 is 9.84 Å². The van der Waals surface area contributed by atoms with Gasteiger partial charge in [-0.3, -0.25) is 4.90 Å². The summed E-state index contributed by atoms with van der Waals surface area (Å²) in [4.78, 5) is 7.88. The summed E-state index contributed by atoms with van der Waals surface area (Å²) >= 11 is 1.72. The minimum absolute atomic E-state index is 0.232. The van der Waals surface area contributed by atoms with E-state index in [9.17, 15) is 5.11 Å². The number of aliphatic hydroxyl groups is 1. The van der Waals surface area contributed by atoms with Crippen molar-refractivity contribution in [2.45, 2.75) is 39.8 Å². The van der Waals surface area contributed by atoms with Crippen LogP contribution in [0.1, 0.15) is 34.1 Å². The van der Waals surface area contributed by atoms with E-state index < -0.39 is 6.10 Å². The molecular weight excluding hydrogens is 308 g/mol. The van der Waals surface area contributed by atoms with Crippen LogP contribution in [0.2, 0.25) is 0 Å². The molecule has 2 rings (SSSR count). The standard InChI is InChI=1S/C18H26N2O2S/c1-12-6-8-17(9-7-12)22-11-16(21)10-20(5)14(3)18-13(2)19-15(4)23-18/h6-9,14,16,21H,10-11H2,1-5H3. The number of thiazole rings is 1. The van der Waals surface area contributed by atoms with Gasteiger partial charge in [-0.25, -0.2) is 4.98 Å². The Bertz CT molecular complexity index is 624. The van der Waals surface area contributed by atoms with Crippen LogP contribution in [0.3, 0.4) is 0 Å². The smallest absolute Gasteiger partial charge is 0.119 e. The lowest BCUT2D eigenvalue weighted by molar-refractivity contribution is 0.0657. The highest BCUT2D eigenvalue weighted by Crippen LogP contribution is 2.28. The maximum atomic E-state index is 10.2. The number of aromatic nitrogens is 1. The van der Waals surface area contributed by atoms with Gasteiger partial charge in [-0.05, 0) is 46.9 Å². The Kier molecular flexibility index (Phi) is 6.16. The van der Waals surface area contributed by atoms with Crippen molar-refractivity contribution in [2.75, 3.05) is 20.2 Å². The van der Waals surface area contributed by atoms with Gasteiger partial charge in [-0.1, -0.05) is 17.7 Å². The summed E-state index contributed by atoms with van der Waals surface area (Å²) in [5.41, 5.74) is 2.28. The molecule has 5 heteroatoms. The monoisotopic (exact) mass is 334 g/mol. The van der Waals surface area contributed by atoms with Crippen LogP contribution in [0.4, 0.5) is 0 Å². The molecule has 2 aromatic rings. The molecule has 0 saturated carbocycles. The lowest BCUT2D eigenvalue weighted by Gasteiger charge is -2.26. The fourth-order valence-electron chi connectivity index (χ4n) is 2.50. The molecule has 1 N–H and O–H groups in total. The number of likely N-dealkylation sites (N-methyl/N-ethyl adjacent to an activating group) is 1. The third kappa shape index (κ3) is 5.03. The summed E-state index contributed by atoms with van der Waals surface area (Å²) < 4.78 is 5.65. The molecule has 0 saturated heterocycles. The van der Waals surface area contributed by atoms with Gasteiger partial charge in [0.05, 0.1) is 10.7 Å². The average molecular weight is 334 g/mol. The quantitative estimate of drug-likeness (QED) is 0.842. The van der Waals surface area contributed by atoms with Gasteiger partial charge >= 0.3 is 0 Å². The topological polar surface area (TPSA) is 45.6 Å². The molecule has 2 atom stereocenters. The molecule has 0 amide bonds. The zero-order valence-electron chi connectivity index (χ0n) is 14.5. The molecule has 0 fully saturated rings. The Hall–Kier alpha value is -1.43. The average Bonchev–Trinajstić information content (AvgIpc) is 2.84. The molecule has 0 radical (unpaired) electrons. The summed E-state index contributed by atoms with van der Waals surface area (Å²) in [5, 5.41) is 11.3. The Morgan fingerprint density at radius 3 is 2.43 bits per heavy atom. The number of aryl methyl sites for hydroxylation is 3. The molecule has 126 valence electrons. The molecule has 4 nitrogen and oxygen atoms in total. The first kappa shape index (κ1) is 17.9. The minimum atomic E-state index is -0.530. The van der Waals surface area contributed by atoms with Crippen LogP contribution in [-0.4, -0.2) is 41.3 Å². The molecule has 0 spiro atoms. The zero-order chi connectivity index (χ0) is 17.0. The van der Waals surface area contributed by atoms with Gasteiger partial charge in [0.2, 0.25) is 0 Å². The van der Waals surface area contributed by atoms with Gasteiger partial charge in [0.15, 0.2) is 0 Å². The largest absolute Gasteiger partial charge is 0.491 e. The van der Waals surface area contributed by atoms with Crippen molar-refractivity contribution in [1.29, 1.82) is 0 Å². The number of aliphatic hydroxyl groups excluding tert-OH is 1. The van der Waals surface area contributed by atoms with Crippen molar-refractivity contribution in [2.24, 2.45) is 0 Å². The van der Waals surface area contributed by atoms with Crippen LogP contribution in [0.25, 0.3) is 0 Å². The summed E-state index contributed by atoms with van der Waals surface area (Å²) in [5.74, 6) is 0.791. The number of nitrogens with zero attached hydrogens (tertiary/aromatic N) is 2. The first-order chi connectivity index (χ1) is 10.9. The molecule has 0 aliphatic rings. The van der Waals surface area contributed by atoms with E-state index in [-0.39, 0.29) is 6.04 Å². The minimum Gasteiger partial charge on any atom is -0.491 e. The highest BCUT2D eigenvalue weighted by atomic mass is 32.1. The molecule has 1 heterocycles. The second-order valence-electron chi connectivity index (χ2n) is 6.08. The number of ether oxygens (including phenoxy) is 1. The van der Waals surface area contributed by atoms with E-state index in [2.05, 4.69) is 16.8 Å². The number of rotatable bonds is 7. The summed E-state index contributed by atoms with van der Waals surface area (Å²) in [6, 6.07) is 8.10. The van der Waals surface area contributed by atoms with Gasteiger partial charge in [-0.2, -0.15) is 0 Å². The first-order valence-corrected chi connectivity index (χ1v) is 8.70. The number of hydrogen-bond donors (Lipinski definition) is 1. The Morgan fingerprint density at radius 1 is 1.22 bits per heavy atom. The van der Waals surface area contributed by atoms with Crippen LogP contribution < -0.4 is 4.74 Å². The van der Waals surface area contributed by atoms with E-state index in [0.717, 1.165) is 16.5 Å². The first-order valence-electron chi connectivity index (χ1n) is 7.88. The summed E-state index contributed by atoms with van der Waals surface area (Å²) in [7, 11) is 2.02. The van der Waals surface area contributed by atoms with Crippen molar-refractivity contribution in [3.8, 4) is 5.75 Å². The van der Waals surface area contributed by atoms with E-state index in [4.69, 9.17) is 4.74 Å². The molecule has 0 aliphatic heterocycles. The van der Waals surface area contributed by atoms with E-state index in [1.807, 2.05) is 52.1 Å². The van der Waals surface area contributed by atoms with Crippen LogP contribution in [0.5, 0.6) is 5.75 Å². The van der Waals surface area contributed by atoms with E-state index >= 15 is 0 Å². The molecule has 0 bridgehead atoms. The van der Waals surface area contributed by atoms with Crippen molar-refractivity contribution in [1.82, 2.24) is 9.88 Å². The van der Waals surface area contributed by atoms with Crippen molar-refractivity contribution in [3.63, 3.8) is 0 Å². The second kappa shape index (κ2) is 7.90. The van der Waals surface area contributed by atoms with E-state index in [1.54, 1.807) is 11.3 Å². The van der Waals surface area contributed by atoms with E-state index in [0.29, 0.717) is 13.2 Å². The lowest BCUT2D eigenvalue weighted by Crippen LogP contribution is -2.34. The Labute approximate surface area is 142 Å². The third-order valence-electron chi connectivity index (χ3n) is 3.94.